The number of piperidine rings is 1. The number of hydrogen-bond donors (Lipinski definition) is 1. The highest BCUT2D eigenvalue weighted by atomic mass is 16.6. The van der Waals surface area contributed by atoms with Crippen molar-refractivity contribution in [2.45, 2.75) is 38.7 Å². The van der Waals surface area contributed by atoms with Crippen LogP contribution in [0.25, 0.3) is 0 Å². The van der Waals surface area contributed by atoms with Gasteiger partial charge in [-0.15, -0.1) is 0 Å². The second-order valence-electron chi connectivity index (χ2n) is 5.78. The minimum absolute atomic E-state index is 0.203. The molecule has 5 nitrogen and oxygen atoms in total. The van der Waals surface area contributed by atoms with Crippen LogP contribution in [-0.4, -0.2) is 35.2 Å². The third kappa shape index (κ3) is 5.39. The first-order chi connectivity index (χ1) is 10.6. The molecule has 1 atom stereocenters. The third-order valence-electron chi connectivity index (χ3n) is 3.99. The quantitative estimate of drug-likeness (QED) is 0.875. The van der Waals surface area contributed by atoms with E-state index >= 15 is 0 Å². The average molecular weight is 305 g/mol. The summed E-state index contributed by atoms with van der Waals surface area (Å²) in [4.78, 5) is 24.4. The average Bonchev–Trinajstić information content (AvgIpc) is 2.53. The number of rotatable bonds is 6. The van der Waals surface area contributed by atoms with Gasteiger partial charge < -0.3 is 14.7 Å². The fraction of sp³-hybridized carbons (Fsp3) is 0.529. The summed E-state index contributed by atoms with van der Waals surface area (Å²) in [7, 11) is 0. The number of carbonyl (C=O) groups excluding carboxylic acids is 1. The zero-order chi connectivity index (χ0) is 15.8. The van der Waals surface area contributed by atoms with E-state index < -0.39 is 5.97 Å². The van der Waals surface area contributed by atoms with Crippen LogP contribution in [0.2, 0.25) is 0 Å². The normalized spacial score (nSPS) is 18.0. The molecule has 1 aliphatic heterocycles. The molecule has 1 amide bonds. The van der Waals surface area contributed by atoms with Crippen LogP contribution in [0.1, 0.15) is 37.7 Å². The monoisotopic (exact) mass is 305 g/mol. The highest BCUT2D eigenvalue weighted by Crippen LogP contribution is 2.22. The first-order valence-electron chi connectivity index (χ1n) is 7.82. The predicted molar refractivity (Wildman–Crippen MR) is 82.4 cm³/mol. The van der Waals surface area contributed by atoms with Crippen LogP contribution >= 0.6 is 0 Å². The van der Waals surface area contributed by atoms with Crippen LogP contribution in [0.5, 0.6) is 0 Å². The highest BCUT2D eigenvalue weighted by molar-refractivity contribution is 5.67. The number of benzene rings is 1. The van der Waals surface area contributed by atoms with Crippen molar-refractivity contribution in [3.8, 4) is 0 Å². The Hall–Kier alpha value is -2.04. The van der Waals surface area contributed by atoms with Crippen molar-refractivity contribution in [2.24, 2.45) is 5.92 Å². The number of ether oxygens (including phenoxy) is 1. The number of carboxylic acid groups (broad SMARTS) is 1. The summed E-state index contributed by atoms with van der Waals surface area (Å²) in [5, 5.41) is 8.68. The van der Waals surface area contributed by atoms with Gasteiger partial charge in [0.15, 0.2) is 0 Å². The van der Waals surface area contributed by atoms with Gasteiger partial charge in [0.05, 0.1) is 0 Å². The van der Waals surface area contributed by atoms with E-state index in [9.17, 15) is 9.59 Å². The molecular formula is C17H23NO4. The van der Waals surface area contributed by atoms with Gasteiger partial charge in [0.25, 0.3) is 0 Å². The summed E-state index contributed by atoms with van der Waals surface area (Å²) in [5.41, 5.74) is 0.978. The van der Waals surface area contributed by atoms with Crippen LogP contribution in [0, 0.1) is 5.92 Å². The fourth-order valence-corrected chi connectivity index (χ4v) is 2.82. The van der Waals surface area contributed by atoms with E-state index in [0.717, 1.165) is 31.4 Å². The smallest absolute Gasteiger partial charge is 0.410 e. The Kier molecular flexibility index (Phi) is 6.25. The molecule has 0 bridgehead atoms. The number of nitrogens with zero attached hydrogens (tertiary/aromatic N) is 1. The van der Waals surface area contributed by atoms with Gasteiger partial charge in [0.2, 0.25) is 0 Å². The van der Waals surface area contributed by atoms with E-state index in [0.29, 0.717) is 25.5 Å². The van der Waals surface area contributed by atoms with Crippen LogP contribution in [-0.2, 0) is 16.1 Å². The van der Waals surface area contributed by atoms with E-state index in [4.69, 9.17) is 9.84 Å². The van der Waals surface area contributed by atoms with Crippen molar-refractivity contribution in [3.63, 3.8) is 0 Å². The lowest BCUT2D eigenvalue weighted by Gasteiger charge is -2.32. The van der Waals surface area contributed by atoms with E-state index in [-0.39, 0.29) is 12.5 Å². The Balaban J connectivity index is 1.73. The van der Waals surface area contributed by atoms with Crippen molar-refractivity contribution in [1.82, 2.24) is 4.90 Å². The van der Waals surface area contributed by atoms with Crippen molar-refractivity contribution < 1.29 is 19.4 Å². The summed E-state index contributed by atoms with van der Waals surface area (Å²) in [6.45, 7) is 1.69. The second kappa shape index (κ2) is 8.41. The topological polar surface area (TPSA) is 66.8 Å². The second-order valence-corrected chi connectivity index (χ2v) is 5.78. The summed E-state index contributed by atoms with van der Waals surface area (Å²) in [5.74, 6) is -0.368. The van der Waals surface area contributed by atoms with Crippen molar-refractivity contribution in [1.29, 1.82) is 0 Å². The molecule has 0 aliphatic carbocycles. The molecule has 1 heterocycles. The van der Waals surface area contributed by atoms with Crippen LogP contribution in [0.4, 0.5) is 4.79 Å². The molecule has 22 heavy (non-hydrogen) atoms. The summed E-state index contributed by atoms with van der Waals surface area (Å²) in [6.07, 6.45) is 3.48. The standard InChI is InChI=1S/C17H23NO4/c19-16(20)10-4-8-14-9-5-11-18(12-14)17(21)22-13-15-6-2-1-3-7-15/h1-3,6-7,14H,4-5,8-13H2,(H,19,20)/t14-/m0/s1. The first kappa shape index (κ1) is 16.3. The molecule has 0 radical (unpaired) electrons. The highest BCUT2D eigenvalue weighted by Gasteiger charge is 2.24. The molecule has 2 rings (SSSR count). The number of carboxylic acids is 1. The number of hydrogen-bond acceptors (Lipinski definition) is 3. The van der Waals surface area contributed by atoms with Crippen LogP contribution in [0.15, 0.2) is 30.3 Å². The lowest BCUT2D eigenvalue weighted by molar-refractivity contribution is -0.137. The molecule has 5 heteroatoms. The molecule has 1 aliphatic rings. The Morgan fingerprint density at radius 3 is 2.77 bits per heavy atom. The van der Waals surface area contributed by atoms with E-state index in [2.05, 4.69) is 0 Å². The molecule has 1 saturated heterocycles. The van der Waals surface area contributed by atoms with E-state index in [1.54, 1.807) is 4.90 Å². The summed E-state index contributed by atoms with van der Waals surface area (Å²) < 4.78 is 5.35. The number of aliphatic carboxylic acids is 1. The zero-order valence-corrected chi connectivity index (χ0v) is 12.7. The minimum Gasteiger partial charge on any atom is -0.481 e. The van der Waals surface area contributed by atoms with Gasteiger partial charge in [-0.05, 0) is 37.2 Å². The minimum atomic E-state index is -0.755. The molecule has 1 aromatic carbocycles. The van der Waals surface area contributed by atoms with Gasteiger partial charge in [-0.1, -0.05) is 30.3 Å². The maximum atomic E-state index is 12.1. The fourth-order valence-electron chi connectivity index (χ4n) is 2.82. The molecule has 0 saturated carbocycles. The summed E-state index contributed by atoms with van der Waals surface area (Å²) >= 11 is 0. The van der Waals surface area contributed by atoms with Crippen LogP contribution in [0.3, 0.4) is 0 Å². The Morgan fingerprint density at radius 2 is 2.05 bits per heavy atom. The maximum absolute atomic E-state index is 12.1. The van der Waals surface area contributed by atoms with Gasteiger partial charge in [-0.3, -0.25) is 4.79 Å². The number of likely N-dealkylation sites (tertiary alicyclic amines) is 1. The maximum Gasteiger partial charge on any atom is 0.410 e. The third-order valence-corrected chi connectivity index (χ3v) is 3.99. The van der Waals surface area contributed by atoms with Crippen molar-refractivity contribution in [3.05, 3.63) is 35.9 Å². The van der Waals surface area contributed by atoms with E-state index in [1.165, 1.54) is 0 Å². The van der Waals surface area contributed by atoms with Crippen LogP contribution < -0.4 is 0 Å². The van der Waals surface area contributed by atoms with Crippen molar-refractivity contribution in [2.75, 3.05) is 13.1 Å². The van der Waals surface area contributed by atoms with Gasteiger partial charge in [-0.25, -0.2) is 4.79 Å². The largest absolute Gasteiger partial charge is 0.481 e. The molecule has 1 aromatic rings. The molecule has 0 unspecified atom stereocenters. The number of carbonyl (C=O) groups is 2. The molecule has 1 N–H and O–H groups in total. The Morgan fingerprint density at radius 1 is 1.27 bits per heavy atom. The first-order valence-corrected chi connectivity index (χ1v) is 7.82. The number of amides is 1. The SMILES string of the molecule is O=C(O)CCC[C@H]1CCCN(C(=O)OCc2ccccc2)C1. The van der Waals surface area contributed by atoms with Gasteiger partial charge >= 0.3 is 12.1 Å². The van der Waals surface area contributed by atoms with Crippen molar-refractivity contribution >= 4 is 12.1 Å². The van der Waals surface area contributed by atoms with Gasteiger partial charge in [-0.2, -0.15) is 0 Å². The molecular weight excluding hydrogens is 282 g/mol. The Labute approximate surface area is 130 Å². The lowest BCUT2D eigenvalue weighted by Crippen LogP contribution is -2.40. The molecule has 120 valence electrons. The Bertz CT molecular complexity index is 489. The zero-order valence-electron chi connectivity index (χ0n) is 12.7. The molecule has 0 spiro atoms. The molecule has 0 aromatic heterocycles. The predicted octanol–water partition coefficient (Wildman–Crippen LogP) is 3.29. The summed E-state index contributed by atoms with van der Waals surface area (Å²) in [6, 6.07) is 9.62. The van der Waals surface area contributed by atoms with Gasteiger partial charge in [0, 0.05) is 19.5 Å². The molecule has 1 fully saturated rings. The van der Waals surface area contributed by atoms with E-state index in [1.807, 2.05) is 30.3 Å². The lowest BCUT2D eigenvalue weighted by atomic mass is 9.93. The van der Waals surface area contributed by atoms with Gasteiger partial charge in [0.1, 0.15) is 6.61 Å².